The van der Waals surface area contributed by atoms with Gasteiger partial charge in [-0.15, -0.1) is 0 Å². The first-order valence-corrected chi connectivity index (χ1v) is 6.75. The highest BCUT2D eigenvalue weighted by Crippen LogP contribution is 2.12. The SMILES string of the molecule is COC(=O)CN1CCN(Cc2ccccc2C)CC1. The van der Waals surface area contributed by atoms with E-state index >= 15 is 0 Å². The number of esters is 1. The number of carbonyl (C=O) groups is 1. The van der Waals surface area contributed by atoms with Crippen LogP contribution in [0.4, 0.5) is 0 Å². The number of ether oxygens (including phenoxy) is 1. The highest BCUT2D eigenvalue weighted by atomic mass is 16.5. The molecule has 4 nitrogen and oxygen atoms in total. The fraction of sp³-hybridized carbons (Fsp3) is 0.533. The molecule has 1 fully saturated rings. The van der Waals surface area contributed by atoms with Gasteiger partial charge < -0.3 is 4.74 Å². The molecule has 19 heavy (non-hydrogen) atoms. The molecular weight excluding hydrogens is 240 g/mol. The number of aryl methyl sites for hydroxylation is 1. The van der Waals surface area contributed by atoms with E-state index in [1.807, 2.05) is 0 Å². The van der Waals surface area contributed by atoms with Crippen molar-refractivity contribution in [3.63, 3.8) is 0 Å². The molecule has 0 radical (unpaired) electrons. The molecular formula is C15H22N2O2. The van der Waals surface area contributed by atoms with Gasteiger partial charge in [-0.1, -0.05) is 24.3 Å². The minimum Gasteiger partial charge on any atom is -0.468 e. The summed E-state index contributed by atoms with van der Waals surface area (Å²) in [6.45, 7) is 7.44. The first-order valence-electron chi connectivity index (χ1n) is 6.75. The Kier molecular flexibility index (Phi) is 4.93. The summed E-state index contributed by atoms with van der Waals surface area (Å²) in [5, 5.41) is 0. The molecule has 1 aliphatic heterocycles. The predicted molar refractivity (Wildman–Crippen MR) is 74.9 cm³/mol. The van der Waals surface area contributed by atoms with Crippen LogP contribution in [0.5, 0.6) is 0 Å². The normalized spacial score (nSPS) is 17.4. The Hall–Kier alpha value is -1.39. The zero-order valence-electron chi connectivity index (χ0n) is 11.8. The van der Waals surface area contributed by atoms with E-state index in [1.54, 1.807) is 0 Å². The number of carbonyl (C=O) groups excluding carboxylic acids is 1. The minimum absolute atomic E-state index is 0.146. The van der Waals surface area contributed by atoms with Gasteiger partial charge in [-0.05, 0) is 18.1 Å². The van der Waals surface area contributed by atoms with E-state index < -0.39 is 0 Å². The zero-order chi connectivity index (χ0) is 13.7. The fourth-order valence-corrected chi connectivity index (χ4v) is 2.38. The van der Waals surface area contributed by atoms with E-state index in [4.69, 9.17) is 4.74 Å². The molecule has 0 bridgehead atoms. The third kappa shape index (κ3) is 4.04. The van der Waals surface area contributed by atoms with Crippen molar-refractivity contribution in [2.24, 2.45) is 0 Å². The van der Waals surface area contributed by atoms with Crippen LogP contribution in [0.2, 0.25) is 0 Å². The lowest BCUT2D eigenvalue weighted by Crippen LogP contribution is -2.47. The Morgan fingerprint density at radius 2 is 1.79 bits per heavy atom. The second kappa shape index (κ2) is 6.68. The summed E-state index contributed by atoms with van der Waals surface area (Å²) < 4.78 is 4.70. The minimum atomic E-state index is -0.146. The molecule has 1 aromatic carbocycles. The summed E-state index contributed by atoms with van der Waals surface area (Å²) in [5.74, 6) is -0.146. The monoisotopic (exact) mass is 262 g/mol. The van der Waals surface area contributed by atoms with Crippen molar-refractivity contribution >= 4 is 5.97 Å². The Balaban J connectivity index is 1.81. The molecule has 0 aromatic heterocycles. The number of rotatable bonds is 4. The summed E-state index contributed by atoms with van der Waals surface area (Å²) in [6, 6.07) is 8.52. The smallest absolute Gasteiger partial charge is 0.319 e. The summed E-state index contributed by atoms with van der Waals surface area (Å²) in [6.07, 6.45) is 0. The van der Waals surface area contributed by atoms with Gasteiger partial charge in [0.2, 0.25) is 0 Å². The van der Waals surface area contributed by atoms with Crippen LogP contribution in [-0.2, 0) is 16.1 Å². The topological polar surface area (TPSA) is 32.8 Å². The van der Waals surface area contributed by atoms with Crippen molar-refractivity contribution in [3.8, 4) is 0 Å². The molecule has 104 valence electrons. The summed E-state index contributed by atoms with van der Waals surface area (Å²) in [5.41, 5.74) is 2.74. The van der Waals surface area contributed by atoms with Crippen molar-refractivity contribution in [2.75, 3.05) is 39.8 Å². The molecule has 0 saturated carbocycles. The van der Waals surface area contributed by atoms with E-state index in [0.29, 0.717) is 6.54 Å². The first kappa shape index (κ1) is 14.0. The predicted octanol–water partition coefficient (Wildman–Crippen LogP) is 1.29. The molecule has 1 aromatic rings. The van der Waals surface area contributed by atoms with E-state index in [-0.39, 0.29) is 5.97 Å². The molecule has 1 heterocycles. The number of benzene rings is 1. The molecule has 0 unspecified atom stereocenters. The second-order valence-electron chi connectivity index (χ2n) is 5.05. The van der Waals surface area contributed by atoms with E-state index in [1.165, 1.54) is 18.2 Å². The summed E-state index contributed by atoms with van der Waals surface area (Å²) in [7, 11) is 1.44. The standard InChI is InChI=1S/C15H22N2O2/c1-13-5-3-4-6-14(13)11-16-7-9-17(10-8-16)12-15(18)19-2/h3-6H,7-12H2,1-2H3. The van der Waals surface area contributed by atoms with E-state index in [0.717, 1.165) is 32.7 Å². The lowest BCUT2D eigenvalue weighted by atomic mass is 10.1. The van der Waals surface area contributed by atoms with Crippen LogP contribution in [0.25, 0.3) is 0 Å². The Labute approximate surface area is 115 Å². The molecule has 4 heteroatoms. The van der Waals surface area contributed by atoms with Crippen molar-refractivity contribution < 1.29 is 9.53 Å². The van der Waals surface area contributed by atoms with Crippen LogP contribution in [0, 0.1) is 6.92 Å². The third-order valence-electron chi connectivity index (χ3n) is 3.70. The van der Waals surface area contributed by atoms with Crippen LogP contribution in [0.15, 0.2) is 24.3 Å². The first-order chi connectivity index (χ1) is 9.19. The van der Waals surface area contributed by atoms with Crippen LogP contribution in [-0.4, -0.2) is 55.6 Å². The number of hydrogen-bond acceptors (Lipinski definition) is 4. The maximum Gasteiger partial charge on any atom is 0.319 e. The quantitative estimate of drug-likeness (QED) is 0.765. The molecule has 0 spiro atoms. The van der Waals surface area contributed by atoms with Crippen LogP contribution >= 0.6 is 0 Å². The fourth-order valence-electron chi connectivity index (χ4n) is 2.38. The van der Waals surface area contributed by atoms with Gasteiger partial charge in [0, 0.05) is 32.7 Å². The molecule has 0 atom stereocenters. The van der Waals surface area contributed by atoms with Crippen LogP contribution in [0.1, 0.15) is 11.1 Å². The lowest BCUT2D eigenvalue weighted by Gasteiger charge is -2.34. The third-order valence-corrected chi connectivity index (χ3v) is 3.70. The Morgan fingerprint density at radius 3 is 2.42 bits per heavy atom. The van der Waals surface area contributed by atoms with Gasteiger partial charge >= 0.3 is 5.97 Å². The number of nitrogens with zero attached hydrogens (tertiary/aromatic N) is 2. The van der Waals surface area contributed by atoms with Gasteiger partial charge in [0.15, 0.2) is 0 Å². The summed E-state index contributed by atoms with van der Waals surface area (Å²) in [4.78, 5) is 15.8. The average Bonchev–Trinajstić information content (AvgIpc) is 2.43. The van der Waals surface area contributed by atoms with Crippen LogP contribution in [0.3, 0.4) is 0 Å². The average molecular weight is 262 g/mol. The highest BCUT2D eigenvalue weighted by Gasteiger charge is 2.19. The van der Waals surface area contributed by atoms with Gasteiger partial charge in [0.05, 0.1) is 13.7 Å². The van der Waals surface area contributed by atoms with E-state index in [9.17, 15) is 4.79 Å². The number of methoxy groups -OCH3 is 1. The second-order valence-corrected chi connectivity index (χ2v) is 5.05. The maximum absolute atomic E-state index is 11.2. The van der Waals surface area contributed by atoms with Crippen molar-refractivity contribution in [3.05, 3.63) is 35.4 Å². The highest BCUT2D eigenvalue weighted by molar-refractivity contribution is 5.71. The van der Waals surface area contributed by atoms with Gasteiger partial charge in [-0.2, -0.15) is 0 Å². The van der Waals surface area contributed by atoms with Crippen molar-refractivity contribution in [1.29, 1.82) is 0 Å². The molecule has 1 saturated heterocycles. The van der Waals surface area contributed by atoms with Gasteiger partial charge in [0.25, 0.3) is 0 Å². The van der Waals surface area contributed by atoms with E-state index in [2.05, 4.69) is 41.0 Å². The lowest BCUT2D eigenvalue weighted by molar-refractivity contribution is -0.142. The molecule has 1 aliphatic rings. The Morgan fingerprint density at radius 1 is 1.16 bits per heavy atom. The number of hydrogen-bond donors (Lipinski definition) is 0. The Bertz CT molecular complexity index is 426. The largest absolute Gasteiger partial charge is 0.468 e. The molecule has 2 rings (SSSR count). The molecule has 0 amide bonds. The van der Waals surface area contributed by atoms with Gasteiger partial charge in [0.1, 0.15) is 0 Å². The van der Waals surface area contributed by atoms with Gasteiger partial charge in [-0.3, -0.25) is 14.6 Å². The van der Waals surface area contributed by atoms with Crippen molar-refractivity contribution in [1.82, 2.24) is 9.80 Å². The maximum atomic E-state index is 11.2. The molecule has 0 N–H and O–H groups in total. The zero-order valence-corrected chi connectivity index (χ0v) is 11.8. The molecule has 0 aliphatic carbocycles. The van der Waals surface area contributed by atoms with Gasteiger partial charge in [-0.25, -0.2) is 0 Å². The summed E-state index contributed by atoms with van der Waals surface area (Å²) >= 11 is 0. The van der Waals surface area contributed by atoms with Crippen molar-refractivity contribution in [2.45, 2.75) is 13.5 Å². The number of piperazine rings is 1. The van der Waals surface area contributed by atoms with Crippen LogP contribution < -0.4 is 0 Å².